The number of carboxylic acids is 1. The maximum absolute atomic E-state index is 14.1. The zero-order chi connectivity index (χ0) is 27.0. The molecule has 2 aliphatic carbocycles. The van der Waals surface area contributed by atoms with E-state index in [0.717, 1.165) is 5.56 Å². The minimum absolute atomic E-state index is 0.140. The van der Waals surface area contributed by atoms with E-state index in [1.807, 2.05) is 56.3 Å². The van der Waals surface area contributed by atoms with Crippen molar-refractivity contribution in [2.24, 2.45) is 29.1 Å². The summed E-state index contributed by atoms with van der Waals surface area (Å²) in [5, 5.41) is 24.4. The van der Waals surface area contributed by atoms with Crippen molar-refractivity contribution in [3.63, 3.8) is 0 Å². The van der Waals surface area contributed by atoms with Gasteiger partial charge in [0.25, 0.3) is 0 Å². The normalized spacial score (nSPS) is 39.2. The number of hydrogen-bond donors (Lipinski definition) is 3. The molecule has 0 saturated carbocycles. The first-order valence-electron chi connectivity index (χ1n) is 13.0. The number of ether oxygens (including phenoxy) is 1. The zero-order valence-electron chi connectivity index (χ0n) is 21.9. The highest BCUT2D eigenvalue weighted by Crippen LogP contribution is 2.57. The molecule has 1 saturated heterocycles. The first kappa shape index (κ1) is 26.9. The minimum Gasteiger partial charge on any atom is -0.478 e. The molecule has 1 spiro atoms. The molecule has 0 bridgehead atoms. The van der Waals surface area contributed by atoms with Gasteiger partial charge in [-0.3, -0.25) is 9.59 Å². The van der Waals surface area contributed by atoms with Gasteiger partial charge in [0, 0.05) is 30.4 Å². The average Bonchev–Trinajstić information content (AvgIpc) is 3.10. The van der Waals surface area contributed by atoms with E-state index < -0.39 is 46.8 Å². The molecule has 4 rings (SSSR count). The summed E-state index contributed by atoms with van der Waals surface area (Å²) in [4.78, 5) is 38.9. The van der Waals surface area contributed by atoms with E-state index in [2.05, 4.69) is 5.32 Å². The lowest BCUT2D eigenvalue weighted by atomic mass is 9.54. The molecule has 7 nitrogen and oxygen atoms in total. The molecular formula is C30H37NO6. The predicted octanol–water partition coefficient (Wildman–Crippen LogP) is 3.83. The summed E-state index contributed by atoms with van der Waals surface area (Å²) >= 11 is 0. The Morgan fingerprint density at radius 3 is 2.51 bits per heavy atom. The topological polar surface area (TPSA) is 113 Å². The van der Waals surface area contributed by atoms with Crippen molar-refractivity contribution in [1.29, 1.82) is 0 Å². The molecule has 0 radical (unpaired) electrons. The average molecular weight is 508 g/mol. The third kappa shape index (κ3) is 5.14. The summed E-state index contributed by atoms with van der Waals surface area (Å²) in [6.07, 6.45) is 9.44. The van der Waals surface area contributed by atoms with Crippen molar-refractivity contribution in [1.82, 2.24) is 5.32 Å². The second kappa shape index (κ2) is 10.3. The molecule has 3 aliphatic rings. The molecule has 0 aromatic heterocycles. The SMILES string of the molecule is CC(=O)O[C@@H]1/C=C/[C@](C)(O)C[C@@H](C)C/C=C/[C@H]2C=C(C(=O)O)[C@@H](C)[C@H]3[C@H](Cc4ccccc4)NC(=O)[C@]321. The van der Waals surface area contributed by atoms with Crippen LogP contribution in [0.1, 0.15) is 46.1 Å². The number of carbonyl (C=O) groups is 3. The predicted molar refractivity (Wildman–Crippen MR) is 139 cm³/mol. The van der Waals surface area contributed by atoms with Gasteiger partial charge in [-0.15, -0.1) is 0 Å². The monoisotopic (exact) mass is 507 g/mol. The second-order valence-corrected chi connectivity index (χ2v) is 11.2. The van der Waals surface area contributed by atoms with Crippen LogP contribution in [0.2, 0.25) is 0 Å². The van der Waals surface area contributed by atoms with Crippen LogP contribution in [0.3, 0.4) is 0 Å². The summed E-state index contributed by atoms with van der Waals surface area (Å²) in [7, 11) is 0. The fourth-order valence-corrected chi connectivity index (χ4v) is 6.80. The summed E-state index contributed by atoms with van der Waals surface area (Å²) in [5.41, 5.74) is -1.17. The van der Waals surface area contributed by atoms with Gasteiger partial charge in [0.05, 0.1) is 5.60 Å². The Balaban J connectivity index is 1.95. The van der Waals surface area contributed by atoms with Crippen LogP contribution in [0.4, 0.5) is 0 Å². The smallest absolute Gasteiger partial charge is 0.331 e. The number of esters is 1. The maximum Gasteiger partial charge on any atom is 0.331 e. The summed E-state index contributed by atoms with van der Waals surface area (Å²) < 4.78 is 5.86. The van der Waals surface area contributed by atoms with Crippen molar-refractivity contribution in [3.05, 3.63) is 71.8 Å². The van der Waals surface area contributed by atoms with Crippen LogP contribution in [-0.4, -0.2) is 45.8 Å². The minimum atomic E-state index is -1.28. The van der Waals surface area contributed by atoms with Gasteiger partial charge in [-0.05, 0) is 49.7 Å². The highest BCUT2D eigenvalue weighted by molar-refractivity contribution is 5.93. The van der Waals surface area contributed by atoms with E-state index in [-0.39, 0.29) is 23.4 Å². The van der Waals surface area contributed by atoms with Gasteiger partial charge >= 0.3 is 11.9 Å². The van der Waals surface area contributed by atoms with E-state index in [9.17, 15) is 24.6 Å². The summed E-state index contributed by atoms with van der Waals surface area (Å²) in [6, 6.07) is 9.37. The molecule has 198 valence electrons. The number of carboxylic acid groups (broad SMARTS) is 1. The van der Waals surface area contributed by atoms with Crippen molar-refractivity contribution < 1.29 is 29.3 Å². The van der Waals surface area contributed by atoms with E-state index in [1.54, 1.807) is 25.2 Å². The number of aliphatic hydroxyl groups is 1. The van der Waals surface area contributed by atoms with Crippen molar-refractivity contribution >= 4 is 17.8 Å². The lowest BCUT2D eigenvalue weighted by Crippen LogP contribution is -2.55. The number of nitrogens with one attached hydrogen (secondary N) is 1. The van der Waals surface area contributed by atoms with E-state index >= 15 is 0 Å². The van der Waals surface area contributed by atoms with Crippen LogP contribution in [0.15, 0.2) is 66.3 Å². The molecule has 1 amide bonds. The Labute approximate surface area is 218 Å². The third-order valence-corrected chi connectivity index (χ3v) is 8.22. The number of amides is 1. The molecule has 37 heavy (non-hydrogen) atoms. The fourth-order valence-electron chi connectivity index (χ4n) is 6.80. The first-order chi connectivity index (χ1) is 17.5. The van der Waals surface area contributed by atoms with Crippen LogP contribution in [-0.2, 0) is 25.5 Å². The van der Waals surface area contributed by atoms with Crippen LogP contribution >= 0.6 is 0 Å². The maximum atomic E-state index is 14.1. The Kier molecular flexibility index (Phi) is 7.47. The molecule has 7 heteroatoms. The van der Waals surface area contributed by atoms with Crippen molar-refractivity contribution in [2.45, 2.75) is 64.7 Å². The molecule has 8 atom stereocenters. The molecule has 1 aliphatic heterocycles. The van der Waals surface area contributed by atoms with Gasteiger partial charge in [-0.25, -0.2) is 4.79 Å². The van der Waals surface area contributed by atoms with E-state index in [0.29, 0.717) is 19.3 Å². The molecule has 1 aromatic carbocycles. The Morgan fingerprint density at radius 1 is 1.16 bits per heavy atom. The molecule has 1 heterocycles. The van der Waals surface area contributed by atoms with Crippen molar-refractivity contribution in [3.8, 4) is 0 Å². The highest BCUT2D eigenvalue weighted by atomic mass is 16.5. The molecule has 1 aromatic rings. The van der Waals surface area contributed by atoms with Gasteiger partial charge in [-0.1, -0.05) is 68.5 Å². The zero-order valence-corrected chi connectivity index (χ0v) is 21.9. The number of allylic oxidation sites excluding steroid dienone is 3. The first-order valence-corrected chi connectivity index (χ1v) is 13.0. The Hall–Kier alpha value is -3.19. The van der Waals surface area contributed by atoms with Gasteiger partial charge in [0.2, 0.25) is 5.91 Å². The van der Waals surface area contributed by atoms with Gasteiger partial charge in [-0.2, -0.15) is 0 Å². The second-order valence-electron chi connectivity index (χ2n) is 11.2. The molecule has 1 fully saturated rings. The Morgan fingerprint density at radius 2 is 1.86 bits per heavy atom. The van der Waals surface area contributed by atoms with Crippen molar-refractivity contribution in [2.75, 3.05) is 0 Å². The molecule has 3 N–H and O–H groups in total. The van der Waals surface area contributed by atoms with Crippen LogP contribution < -0.4 is 5.32 Å². The van der Waals surface area contributed by atoms with E-state index in [1.165, 1.54) is 6.92 Å². The van der Waals surface area contributed by atoms with Gasteiger partial charge < -0.3 is 20.3 Å². The lowest BCUT2D eigenvalue weighted by Gasteiger charge is -2.48. The van der Waals surface area contributed by atoms with Gasteiger partial charge in [0.15, 0.2) is 0 Å². The summed E-state index contributed by atoms with van der Waals surface area (Å²) in [5.74, 6) is -3.30. The lowest BCUT2D eigenvalue weighted by molar-refractivity contribution is -0.160. The van der Waals surface area contributed by atoms with Crippen LogP contribution in [0, 0.1) is 29.1 Å². The van der Waals surface area contributed by atoms with Gasteiger partial charge in [0.1, 0.15) is 11.5 Å². The number of benzene rings is 1. The fraction of sp³-hybridized carbons (Fsp3) is 0.500. The number of carbonyl (C=O) groups excluding carboxylic acids is 2. The standard InChI is InChI=1S/C30H37NO6/c1-18-9-8-12-22-16-23(27(33)34)19(2)26-24(15-21-10-6-5-7-11-21)31-28(35)30(22,26)25(37-20(3)32)13-14-29(4,36)17-18/h5-8,10-14,16,18-19,22,24-26,36H,9,15,17H2,1-4H3,(H,31,35)(H,33,34)/b12-8+,14-13+/t18-,19+,22-,24-,25+,26-,29-,30+/m0/s1. The highest BCUT2D eigenvalue weighted by Gasteiger charge is 2.66. The van der Waals surface area contributed by atoms with Crippen LogP contribution in [0.5, 0.6) is 0 Å². The number of aliphatic carboxylic acids is 1. The largest absolute Gasteiger partial charge is 0.478 e. The Bertz CT molecular complexity index is 1140. The molecular weight excluding hydrogens is 470 g/mol. The van der Waals surface area contributed by atoms with E-state index in [4.69, 9.17) is 4.74 Å². The third-order valence-electron chi connectivity index (χ3n) is 8.22. The number of rotatable bonds is 4. The summed E-state index contributed by atoms with van der Waals surface area (Å²) in [6.45, 7) is 6.88. The van der Waals surface area contributed by atoms with Crippen LogP contribution in [0.25, 0.3) is 0 Å². The number of hydrogen-bond acceptors (Lipinski definition) is 5. The molecule has 0 unspecified atom stereocenters. The quantitative estimate of drug-likeness (QED) is 0.422.